The average Bonchev–Trinajstić information content (AvgIpc) is 2.53. The molecule has 0 saturated heterocycles. The van der Waals surface area contributed by atoms with Gasteiger partial charge in [-0.3, -0.25) is 15.5 Å². The molecule has 2 rings (SSSR count). The number of rotatable bonds is 6. The fourth-order valence-electron chi connectivity index (χ4n) is 1.77. The molecule has 0 fully saturated rings. The van der Waals surface area contributed by atoms with E-state index in [2.05, 4.69) is 10.5 Å². The van der Waals surface area contributed by atoms with Crippen molar-refractivity contribution in [1.82, 2.24) is 0 Å². The third-order valence-electron chi connectivity index (χ3n) is 2.84. The second-order valence-corrected chi connectivity index (χ2v) is 4.86. The van der Waals surface area contributed by atoms with Crippen LogP contribution in [0.4, 0.5) is 11.4 Å². The van der Waals surface area contributed by atoms with Crippen LogP contribution in [0, 0.1) is 10.1 Å². The van der Waals surface area contributed by atoms with Crippen LogP contribution in [0.1, 0.15) is 12.5 Å². The number of phenolic OH excluding ortho intramolecular Hbond substituents is 1. The smallest absolute Gasteiger partial charge is 0.269 e. The van der Waals surface area contributed by atoms with Crippen molar-refractivity contribution in [2.24, 2.45) is 5.10 Å². The van der Waals surface area contributed by atoms with Crippen molar-refractivity contribution in [2.75, 3.05) is 12.0 Å². The van der Waals surface area contributed by atoms with Gasteiger partial charge in [0.1, 0.15) is 0 Å². The first-order valence-corrected chi connectivity index (χ1v) is 7.08. The van der Waals surface area contributed by atoms with Crippen LogP contribution in [0.2, 0.25) is 5.02 Å². The lowest BCUT2D eigenvalue weighted by Crippen LogP contribution is -1.95. The lowest BCUT2D eigenvalue weighted by atomic mass is 10.2. The number of hydrogen-bond acceptors (Lipinski definition) is 6. The van der Waals surface area contributed by atoms with Gasteiger partial charge in [0.15, 0.2) is 11.5 Å². The molecule has 0 amide bonds. The van der Waals surface area contributed by atoms with Crippen LogP contribution in [0.15, 0.2) is 41.5 Å². The van der Waals surface area contributed by atoms with Crippen molar-refractivity contribution < 1.29 is 14.8 Å². The number of aromatic hydroxyl groups is 1. The second-order valence-electron chi connectivity index (χ2n) is 4.46. The number of phenols is 1. The maximum absolute atomic E-state index is 10.6. The van der Waals surface area contributed by atoms with Crippen molar-refractivity contribution in [1.29, 1.82) is 0 Å². The Morgan fingerprint density at radius 1 is 1.39 bits per heavy atom. The Morgan fingerprint density at radius 2 is 2.09 bits per heavy atom. The summed E-state index contributed by atoms with van der Waals surface area (Å²) in [4.78, 5) is 10.1. The van der Waals surface area contributed by atoms with Gasteiger partial charge in [0.05, 0.1) is 28.5 Å². The number of nitro groups is 1. The third-order valence-corrected chi connectivity index (χ3v) is 3.12. The van der Waals surface area contributed by atoms with Crippen molar-refractivity contribution in [3.8, 4) is 11.5 Å². The highest BCUT2D eigenvalue weighted by atomic mass is 35.5. The van der Waals surface area contributed by atoms with Crippen LogP contribution in [0.25, 0.3) is 0 Å². The number of non-ortho nitro benzene ring substituents is 1. The van der Waals surface area contributed by atoms with Gasteiger partial charge >= 0.3 is 0 Å². The van der Waals surface area contributed by atoms with Gasteiger partial charge in [-0.15, -0.1) is 0 Å². The highest BCUT2D eigenvalue weighted by molar-refractivity contribution is 6.32. The summed E-state index contributed by atoms with van der Waals surface area (Å²) in [5, 5.41) is 24.5. The number of benzene rings is 2. The van der Waals surface area contributed by atoms with Crippen LogP contribution >= 0.6 is 11.6 Å². The van der Waals surface area contributed by atoms with E-state index in [0.29, 0.717) is 17.9 Å². The molecule has 120 valence electrons. The molecule has 0 aliphatic carbocycles. The predicted octanol–water partition coefficient (Wildman–Crippen LogP) is 3.80. The van der Waals surface area contributed by atoms with E-state index in [1.807, 2.05) is 0 Å². The molecular formula is C15H14ClN3O4. The number of anilines is 1. The number of nitrogens with zero attached hydrogens (tertiary/aromatic N) is 2. The second kappa shape index (κ2) is 7.46. The maximum atomic E-state index is 10.6. The van der Waals surface area contributed by atoms with Gasteiger partial charge in [0.2, 0.25) is 0 Å². The Labute approximate surface area is 137 Å². The summed E-state index contributed by atoms with van der Waals surface area (Å²) >= 11 is 5.92. The Hall–Kier alpha value is -2.80. The lowest BCUT2D eigenvalue weighted by molar-refractivity contribution is -0.384. The summed E-state index contributed by atoms with van der Waals surface area (Å²) in [6.07, 6.45) is 1.50. The number of halogens is 1. The number of hydrogen-bond donors (Lipinski definition) is 2. The molecule has 0 bridgehead atoms. The zero-order chi connectivity index (χ0) is 16.8. The monoisotopic (exact) mass is 335 g/mol. The quantitative estimate of drug-likeness (QED) is 0.475. The fourth-order valence-corrected chi connectivity index (χ4v) is 1.99. The van der Waals surface area contributed by atoms with Gasteiger partial charge in [-0.25, -0.2) is 0 Å². The van der Waals surface area contributed by atoms with Crippen LogP contribution in [0.5, 0.6) is 11.5 Å². The Balaban J connectivity index is 2.09. The summed E-state index contributed by atoms with van der Waals surface area (Å²) in [5.74, 6) is 0.158. The largest absolute Gasteiger partial charge is 0.503 e. The Morgan fingerprint density at radius 3 is 2.70 bits per heavy atom. The van der Waals surface area contributed by atoms with E-state index < -0.39 is 4.92 Å². The Kier molecular flexibility index (Phi) is 5.37. The number of hydrazone groups is 1. The van der Waals surface area contributed by atoms with Crippen molar-refractivity contribution in [3.63, 3.8) is 0 Å². The van der Waals surface area contributed by atoms with E-state index >= 15 is 0 Å². The predicted molar refractivity (Wildman–Crippen MR) is 88.6 cm³/mol. The van der Waals surface area contributed by atoms with Crippen molar-refractivity contribution in [3.05, 3.63) is 57.1 Å². The average molecular weight is 336 g/mol. The molecule has 8 heteroatoms. The number of nitro benzene ring substituents is 1. The fraction of sp³-hybridized carbons (Fsp3) is 0.133. The first-order chi connectivity index (χ1) is 11.0. The number of nitrogens with one attached hydrogen (secondary N) is 1. The molecule has 0 aromatic heterocycles. The van der Waals surface area contributed by atoms with Gasteiger partial charge in [-0.1, -0.05) is 11.6 Å². The van der Waals surface area contributed by atoms with Gasteiger partial charge in [0, 0.05) is 12.1 Å². The summed E-state index contributed by atoms with van der Waals surface area (Å²) in [6.45, 7) is 2.19. The molecule has 2 aromatic carbocycles. The van der Waals surface area contributed by atoms with E-state index in [1.54, 1.807) is 31.2 Å². The molecule has 0 heterocycles. The normalized spacial score (nSPS) is 10.7. The van der Waals surface area contributed by atoms with Crippen LogP contribution in [-0.2, 0) is 0 Å². The Bertz CT molecular complexity index is 732. The molecule has 0 saturated carbocycles. The maximum Gasteiger partial charge on any atom is 0.269 e. The van der Waals surface area contributed by atoms with Crippen molar-refractivity contribution in [2.45, 2.75) is 6.92 Å². The van der Waals surface area contributed by atoms with Gasteiger partial charge in [-0.2, -0.15) is 5.10 Å². The summed E-state index contributed by atoms with van der Waals surface area (Å²) in [5.41, 5.74) is 3.98. The van der Waals surface area contributed by atoms with E-state index in [4.69, 9.17) is 16.3 Å². The zero-order valence-electron chi connectivity index (χ0n) is 12.2. The molecule has 0 aliphatic heterocycles. The van der Waals surface area contributed by atoms with Gasteiger partial charge in [0.25, 0.3) is 5.69 Å². The molecule has 0 radical (unpaired) electrons. The summed E-state index contributed by atoms with van der Waals surface area (Å²) in [6, 6.07) is 8.99. The van der Waals surface area contributed by atoms with E-state index in [-0.39, 0.29) is 22.2 Å². The minimum absolute atomic E-state index is 0.00574. The topological polar surface area (TPSA) is 97.0 Å². The van der Waals surface area contributed by atoms with Crippen molar-refractivity contribution >= 4 is 29.2 Å². The minimum atomic E-state index is -0.471. The molecule has 0 unspecified atom stereocenters. The molecule has 0 atom stereocenters. The molecule has 0 spiro atoms. The van der Waals surface area contributed by atoms with E-state index in [0.717, 1.165) is 0 Å². The lowest BCUT2D eigenvalue weighted by Gasteiger charge is -2.08. The highest BCUT2D eigenvalue weighted by Gasteiger charge is 2.08. The third kappa shape index (κ3) is 4.33. The van der Waals surface area contributed by atoms with Crippen LogP contribution in [-0.4, -0.2) is 22.9 Å². The molecule has 2 aromatic rings. The first kappa shape index (κ1) is 16.6. The van der Waals surface area contributed by atoms with Gasteiger partial charge in [-0.05, 0) is 36.8 Å². The molecule has 7 nitrogen and oxygen atoms in total. The molecule has 2 N–H and O–H groups in total. The zero-order valence-corrected chi connectivity index (χ0v) is 12.9. The molecule has 0 aliphatic rings. The minimum Gasteiger partial charge on any atom is -0.503 e. The summed E-state index contributed by atoms with van der Waals surface area (Å²) < 4.78 is 5.28. The van der Waals surface area contributed by atoms with Gasteiger partial charge < -0.3 is 9.84 Å². The first-order valence-electron chi connectivity index (χ1n) is 6.70. The van der Waals surface area contributed by atoms with Crippen LogP contribution in [0.3, 0.4) is 0 Å². The van der Waals surface area contributed by atoms with E-state index in [1.165, 1.54) is 18.3 Å². The highest BCUT2D eigenvalue weighted by Crippen LogP contribution is 2.34. The molecule has 23 heavy (non-hydrogen) atoms. The SMILES string of the molecule is CCOc1cc(C=NNc2ccc([N+](=O)[O-])cc2)cc(Cl)c1O. The van der Waals surface area contributed by atoms with E-state index in [9.17, 15) is 15.2 Å². The standard InChI is InChI=1S/C15H14ClN3O4/c1-2-23-14-8-10(7-13(16)15(14)20)9-17-18-11-3-5-12(6-4-11)19(21)22/h3-9,18,20H,2H2,1H3. The summed E-state index contributed by atoms with van der Waals surface area (Å²) in [7, 11) is 0. The number of ether oxygens (including phenoxy) is 1. The van der Waals surface area contributed by atoms with Crippen LogP contribution < -0.4 is 10.2 Å². The molecular weight excluding hydrogens is 322 g/mol.